The molecule has 0 heterocycles. The van der Waals surface area contributed by atoms with Gasteiger partial charge in [0, 0.05) is 12.5 Å². The van der Waals surface area contributed by atoms with Crippen molar-refractivity contribution in [2.75, 3.05) is 6.61 Å². The van der Waals surface area contributed by atoms with Crippen molar-refractivity contribution in [3.8, 4) is 0 Å². The highest BCUT2D eigenvalue weighted by atomic mass is 16.5. The molecule has 4 nitrogen and oxygen atoms in total. The lowest BCUT2D eigenvalue weighted by Crippen LogP contribution is -2.46. The van der Waals surface area contributed by atoms with E-state index in [9.17, 15) is 9.59 Å². The summed E-state index contributed by atoms with van der Waals surface area (Å²) in [5, 5.41) is 3.01. The molecule has 23 heavy (non-hydrogen) atoms. The quantitative estimate of drug-likeness (QED) is 0.549. The van der Waals surface area contributed by atoms with Crippen molar-refractivity contribution in [2.45, 2.75) is 79.2 Å². The lowest BCUT2D eigenvalue weighted by Gasteiger charge is -2.46. The summed E-state index contributed by atoms with van der Waals surface area (Å²) in [5.41, 5.74) is 1.06. The first-order chi connectivity index (χ1) is 10.6. The van der Waals surface area contributed by atoms with Crippen molar-refractivity contribution < 1.29 is 14.3 Å². The second-order valence-corrected chi connectivity index (χ2v) is 8.20. The zero-order chi connectivity index (χ0) is 17.7. The molecule has 0 radical (unpaired) electrons. The summed E-state index contributed by atoms with van der Waals surface area (Å²) in [5.74, 6) is 0.0294. The predicted octanol–water partition coefficient (Wildman–Crippen LogP) is 4.63. The zero-order valence-corrected chi connectivity index (χ0v) is 15.5. The van der Waals surface area contributed by atoms with Crippen LogP contribution in [0.1, 0.15) is 73.1 Å². The Morgan fingerprint density at radius 1 is 1.26 bits per heavy atom. The molecule has 0 aromatic carbocycles. The van der Waals surface area contributed by atoms with E-state index in [0.717, 1.165) is 19.3 Å². The van der Waals surface area contributed by atoms with Crippen LogP contribution < -0.4 is 5.32 Å². The maximum Gasteiger partial charge on any atom is 0.407 e. The fourth-order valence-electron chi connectivity index (χ4n) is 3.82. The van der Waals surface area contributed by atoms with Gasteiger partial charge in [0.2, 0.25) is 0 Å². The topological polar surface area (TPSA) is 55.4 Å². The molecule has 2 unspecified atom stereocenters. The molecule has 0 saturated heterocycles. The number of ketones is 1. The standard InChI is InChI=1S/C19H33NO3/c1-7-19(6)12-15(11-18(4,5)13-19)20-17(22)23-10-8-9-16(21)14(2)3/h15H,2,7-13H2,1,3-6H3,(H,20,22). The molecule has 0 spiro atoms. The Bertz CT molecular complexity index is 456. The minimum Gasteiger partial charge on any atom is -0.450 e. The Morgan fingerprint density at radius 2 is 1.91 bits per heavy atom. The fraction of sp³-hybridized carbons (Fsp3) is 0.789. The molecule has 1 N–H and O–H groups in total. The molecule has 1 aliphatic carbocycles. The van der Waals surface area contributed by atoms with Crippen LogP contribution in [0, 0.1) is 10.8 Å². The molecule has 132 valence electrons. The Morgan fingerprint density at radius 3 is 2.48 bits per heavy atom. The number of alkyl carbamates (subject to hydrolysis) is 1. The summed E-state index contributed by atoms with van der Waals surface area (Å²) in [7, 11) is 0. The number of hydrogen-bond acceptors (Lipinski definition) is 3. The number of carbonyl (C=O) groups excluding carboxylic acids is 2. The van der Waals surface area contributed by atoms with Crippen LogP contribution in [0.15, 0.2) is 12.2 Å². The van der Waals surface area contributed by atoms with Gasteiger partial charge in [-0.05, 0) is 49.0 Å². The third kappa shape index (κ3) is 6.76. The van der Waals surface area contributed by atoms with E-state index in [0.29, 0.717) is 18.4 Å². The highest BCUT2D eigenvalue weighted by Crippen LogP contribution is 2.47. The molecule has 0 aliphatic heterocycles. The molecule has 1 saturated carbocycles. The Labute approximate surface area is 141 Å². The van der Waals surface area contributed by atoms with Gasteiger partial charge in [-0.25, -0.2) is 4.79 Å². The van der Waals surface area contributed by atoms with Gasteiger partial charge in [0.1, 0.15) is 0 Å². The van der Waals surface area contributed by atoms with Gasteiger partial charge in [0.25, 0.3) is 0 Å². The van der Waals surface area contributed by atoms with Gasteiger partial charge in [-0.15, -0.1) is 0 Å². The average Bonchev–Trinajstić information content (AvgIpc) is 2.41. The number of carbonyl (C=O) groups is 2. The average molecular weight is 323 g/mol. The third-order valence-electron chi connectivity index (χ3n) is 4.88. The zero-order valence-electron chi connectivity index (χ0n) is 15.5. The van der Waals surface area contributed by atoms with E-state index >= 15 is 0 Å². The van der Waals surface area contributed by atoms with Gasteiger partial charge >= 0.3 is 6.09 Å². The lowest BCUT2D eigenvalue weighted by molar-refractivity contribution is -0.115. The van der Waals surface area contributed by atoms with Crippen LogP contribution >= 0.6 is 0 Å². The number of ether oxygens (including phenoxy) is 1. The smallest absolute Gasteiger partial charge is 0.407 e. The first-order valence-corrected chi connectivity index (χ1v) is 8.69. The van der Waals surface area contributed by atoms with E-state index < -0.39 is 0 Å². The summed E-state index contributed by atoms with van der Waals surface area (Å²) in [6.45, 7) is 14.6. The molecule has 1 aliphatic rings. The van der Waals surface area contributed by atoms with Crippen LogP contribution in [0.4, 0.5) is 4.79 Å². The van der Waals surface area contributed by atoms with Crippen LogP contribution in [0.5, 0.6) is 0 Å². The predicted molar refractivity (Wildman–Crippen MR) is 93.4 cm³/mol. The molecule has 4 heteroatoms. The molecule has 0 aromatic heterocycles. The molecule has 0 aromatic rings. The molecule has 1 amide bonds. The lowest BCUT2D eigenvalue weighted by atomic mass is 9.62. The second-order valence-electron chi connectivity index (χ2n) is 8.20. The van der Waals surface area contributed by atoms with Gasteiger partial charge in [-0.2, -0.15) is 0 Å². The van der Waals surface area contributed by atoms with E-state index in [4.69, 9.17) is 4.74 Å². The molecule has 1 fully saturated rings. The maximum atomic E-state index is 12.0. The highest BCUT2D eigenvalue weighted by molar-refractivity contribution is 5.94. The maximum absolute atomic E-state index is 12.0. The Balaban J connectivity index is 2.38. The monoisotopic (exact) mass is 323 g/mol. The molecule has 2 atom stereocenters. The van der Waals surface area contributed by atoms with Crippen LogP contribution in [0.25, 0.3) is 0 Å². The summed E-state index contributed by atoms with van der Waals surface area (Å²) in [4.78, 5) is 23.4. The van der Waals surface area contributed by atoms with Crippen molar-refractivity contribution in [1.82, 2.24) is 5.32 Å². The van der Waals surface area contributed by atoms with Crippen molar-refractivity contribution in [2.24, 2.45) is 10.8 Å². The number of hydrogen-bond donors (Lipinski definition) is 1. The van der Waals surface area contributed by atoms with Crippen molar-refractivity contribution in [3.63, 3.8) is 0 Å². The normalized spacial score (nSPS) is 26.4. The molecular formula is C19H33NO3. The number of rotatable bonds is 7. The summed E-state index contributed by atoms with van der Waals surface area (Å²) < 4.78 is 5.21. The van der Waals surface area contributed by atoms with E-state index in [1.165, 1.54) is 6.42 Å². The van der Waals surface area contributed by atoms with Crippen LogP contribution in [0.2, 0.25) is 0 Å². The summed E-state index contributed by atoms with van der Waals surface area (Å²) in [6, 6.07) is 0.160. The van der Waals surface area contributed by atoms with Gasteiger partial charge in [0.05, 0.1) is 6.61 Å². The minimum absolute atomic E-state index is 0.0294. The van der Waals surface area contributed by atoms with E-state index in [2.05, 4.69) is 39.6 Å². The highest BCUT2D eigenvalue weighted by Gasteiger charge is 2.40. The number of amides is 1. The minimum atomic E-state index is -0.367. The van der Waals surface area contributed by atoms with E-state index in [1.807, 2.05) is 0 Å². The molecule has 0 bridgehead atoms. The van der Waals surface area contributed by atoms with Crippen LogP contribution in [0.3, 0.4) is 0 Å². The Kier molecular flexibility index (Phi) is 6.84. The molecule has 1 rings (SSSR count). The van der Waals surface area contributed by atoms with Crippen molar-refractivity contribution in [1.29, 1.82) is 0 Å². The third-order valence-corrected chi connectivity index (χ3v) is 4.88. The number of nitrogens with one attached hydrogen (secondary N) is 1. The van der Waals surface area contributed by atoms with E-state index in [1.54, 1.807) is 6.92 Å². The number of Topliss-reactive ketones (excluding diaryl/α,β-unsaturated/α-hetero) is 1. The van der Waals surface area contributed by atoms with Crippen molar-refractivity contribution >= 4 is 11.9 Å². The van der Waals surface area contributed by atoms with Crippen molar-refractivity contribution in [3.05, 3.63) is 12.2 Å². The number of allylic oxidation sites excluding steroid dienone is 1. The van der Waals surface area contributed by atoms with Gasteiger partial charge in [-0.3, -0.25) is 4.79 Å². The molecular weight excluding hydrogens is 290 g/mol. The van der Waals surface area contributed by atoms with Crippen LogP contribution in [-0.4, -0.2) is 24.5 Å². The fourth-order valence-corrected chi connectivity index (χ4v) is 3.82. The first-order valence-electron chi connectivity index (χ1n) is 8.69. The summed E-state index contributed by atoms with van der Waals surface area (Å²) in [6.07, 6.45) is 4.84. The summed E-state index contributed by atoms with van der Waals surface area (Å²) >= 11 is 0. The largest absolute Gasteiger partial charge is 0.450 e. The SMILES string of the molecule is C=C(C)C(=O)CCCOC(=O)NC1CC(C)(C)CC(C)(CC)C1. The van der Waals surface area contributed by atoms with Crippen LogP contribution in [-0.2, 0) is 9.53 Å². The first kappa shape index (κ1) is 19.7. The Hall–Kier alpha value is -1.32. The van der Waals surface area contributed by atoms with E-state index in [-0.39, 0.29) is 35.4 Å². The second kappa shape index (κ2) is 7.98. The van der Waals surface area contributed by atoms with Gasteiger partial charge in [0.15, 0.2) is 5.78 Å². The van der Waals surface area contributed by atoms with Gasteiger partial charge in [-0.1, -0.05) is 40.7 Å². The van der Waals surface area contributed by atoms with Gasteiger partial charge < -0.3 is 10.1 Å².